The predicted octanol–water partition coefficient (Wildman–Crippen LogP) is 3.01. The maximum atomic E-state index is 9.56. The number of hydrogen-bond donors (Lipinski definition) is 2. The standard InChI is InChI=1S/C15H18N2O/c1-2-17(14-7-4-8-15(18)10-14)13-6-3-5-12(9-13)11-16/h3-10,18H,2,11,16H2,1H3. The number of nitrogens with two attached hydrogens (primary N) is 1. The molecule has 2 rings (SSSR count). The molecule has 0 amide bonds. The third kappa shape index (κ3) is 2.63. The highest BCUT2D eigenvalue weighted by Gasteiger charge is 2.07. The van der Waals surface area contributed by atoms with Crippen LogP contribution in [0, 0.1) is 0 Å². The molecule has 3 nitrogen and oxygen atoms in total. The van der Waals surface area contributed by atoms with Crippen molar-refractivity contribution in [2.24, 2.45) is 5.73 Å². The van der Waals surface area contributed by atoms with Crippen molar-refractivity contribution < 1.29 is 5.11 Å². The molecule has 18 heavy (non-hydrogen) atoms. The fourth-order valence-electron chi connectivity index (χ4n) is 2.03. The monoisotopic (exact) mass is 242 g/mol. The Morgan fingerprint density at radius 1 is 1.06 bits per heavy atom. The number of phenols is 1. The molecule has 94 valence electrons. The summed E-state index contributed by atoms with van der Waals surface area (Å²) in [5.41, 5.74) is 8.83. The molecular weight excluding hydrogens is 224 g/mol. The van der Waals surface area contributed by atoms with Crippen LogP contribution < -0.4 is 10.6 Å². The SMILES string of the molecule is CCN(c1cccc(O)c1)c1cccc(CN)c1. The summed E-state index contributed by atoms with van der Waals surface area (Å²) in [5.74, 6) is 0.279. The second-order valence-electron chi connectivity index (χ2n) is 4.14. The van der Waals surface area contributed by atoms with Crippen LogP contribution in [0.3, 0.4) is 0 Å². The van der Waals surface area contributed by atoms with Crippen molar-refractivity contribution in [3.05, 3.63) is 54.1 Å². The Labute approximate surface area is 107 Å². The van der Waals surface area contributed by atoms with E-state index >= 15 is 0 Å². The Morgan fingerprint density at radius 2 is 1.72 bits per heavy atom. The third-order valence-electron chi connectivity index (χ3n) is 2.92. The molecule has 0 saturated carbocycles. The average Bonchev–Trinajstić information content (AvgIpc) is 2.40. The number of phenolic OH excluding ortho intramolecular Hbond substituents is 1. The van der Waals surface area contributed by atoms with Crippen molar-refractivity contribution in [2.45, 2.75) is 13.5 Å². The summed E-state index contributed by atoms with van der Waals surface area (Å²) in [6, 6.07) is 15.4. The highest BCUT2D eigenvalue weighted by atomic mass is 16.3. The van der Waals surface area contributed by atoms with Crippen LogP contribution in [0.2, 0.25) is 0 Å². The lowest BCUT2D eigenvalue weighted by Gasteiger charge is -2.24. The maximum Gasteiger partial charge on any atom is 0.117 e. The van der Waals surface area contributed by atoms with Crippen molar-refractivity contribution in [3.8, 4) is 5.75 Å². The molecular formula is C15H18N2O. The van der Waals surface area contributed by atoms with Gasteiger partial charge in [0, 0.05) is 30.5 Å². The van der Waals surface area contributed by atoms with Gasteiger partial charge in [0.05, 0.1) is 0 Å². The van der Waals surface area contributed by atoms with Gasteiger partial charge in [-0.25, -0.2) is 0 Å². The third-order valence-corrected chi connectivity index (χ3v) is 2.92. The first kappa shape index (κ1) is 12.5. The molecule has 0 spiro atoms. The minimum absolute atomic E-state index is 0.279. The van der Waals surface area contributed by atoms with Gasteiger partial charge in [0.2, 0.25) is 0 Å². The van der Waals surface area contributed by atoms with Crippen molar-refractivity contribution >= 4 is 11.4 Å². The summed E-state index contributed by atoms with van der Waals surface area (Å²) in [7, 11) is 0. The lowest BCUT2D eigenvalue weighted by Crippen LogP contribution is -2.16. The molecule has 2 aromatic carbocycles. The van der Waals surface area contributed by atoms with Crippen molar-refractivity contribution in [3.63, 3.8) is 0 Å². The van der Waals surface area contributed by atoms with Crippen LogP contribution in [0.5, 0.6) is 5.75 Å². The van der Waals surface area contributed by atoms with Crippen LogP contribution in [0.1, 0.15) is 12.5 Å². The van der Waals surface area contributed by atoms with Crippen molar-refractivity contribution in [1.82, 2.24) is 0 Å². The summed E-state index contributed by atoms with van der Waals surface area (Å²) in [6.45, 7) is 3.45. The molecule has 0 aliphatic rings. The average molecular weight is 242 g/mol. The van der Waals surface area contributed by atoms with Crippen LogP contribution in [0.4, 0.5) is 11.4 Å². The Balaban J connectivity index is 2.38. The summed E-state index contributed by atoms with van der Waals surface area (Å²) in [6.07, 6.45) is 0. The van der Waals surface area contributed by atoms with Crippen molar-refractivity contribution in [1.29, 1.82) is 0 Å². The molecule has 0 unspecified atom stereocenters. The first-order valence-electron chi connectivity index (χ1n) is 6.10. The second kappa shape index (κ2) is 5.56. The van der Waals surface area contributed by atoms with Crippen LogP contribution in [0.15, 0.2) is 48.5 Å². The molecule has 0 radical (unpaired) electrons. The van der Waals surface area contributed by atoms with E-state index in [0.29, 0.717) is 6.54 Å². The van der Waals surface area contributed by atoms with Gasteiger partial charge in [-0.2, -0.15) is 0 Å². The zero-order valence-corrected chi connectivity index (χ0v) is 10.5. The topological polar surface area (TPSA) is 49.5 Å². The highest BCUT2D eigenvalue weighted by Crippen LogP contribution is 2.28. The van der Waals surface area contributed by atoms with E-state index in [1.165, 1.54) is 0 Å². The quantitative estimate of drug-likeness (QED) is 0.866. The second-order valence-corrected chi connectivity index (χ2v) is 4.14. The fraction of sp³-hybridized carbons (Fsp3) is 0.200. The zero-order valence-electron chi connectivity index (χ0n) is 10.5. The van der Waals surface area contributed by atoms with E-state index in [0.717, 1.165) is 23.5 Å². The number of benzene rings is 2. The van der Waals surface area contributed by atoms with Gasteiger partial charge in [-0.15, -0.1) is 0 Å². The Kier molecular flexibility index (Phi) is 3.85. The lowest BCUT2D eigenvalue weighted by atomic mass is 10.1. The first-order valence-corrected chi connectivity index (χ1v) is 6.10. The van der Waals surface area contributed by atoms with Crippen LogP contribution in [-0.4, -0.2) is 11.7 Å². The van der Waals surface area contributed by atoms with Gasteiger partial charge in [0.15, 0.2) is 0 Å². The number of hydrogen-bond acceptors (Lipinski definition) is 3. The first-order chi connectivity index (χ1) is 8.74. The minimum atomic E-state index is 0.279. The highest BCUT2D eigenvalue weighted by molar-refractivity contribution is 5.64. The Morgan fingerprint density at radius 3 is 2.33 bits per heavy atom. The number of aromatic hydroxyl groups is 1. The van der Waals surface area contributed by atoms with Gasteiger partial charge < -0.3 is 15.7 Å². The lowest BCUT2D eigenvalue weighted by molar-refractivity contribution is 0.475. The number of anilines is 2. The summed E-state index contributed by atoms with van der Waals surface area (Å²) >= 11 is 0. The van der Waals surface area contributed by atoms with Gasteiger partial charge in [0.25, 0.3) is 0 Å². The fourth-order valence-corrected chi connectivity index (χ4v) is 2.03. The smallest absolute Gasteiger partial charge is 0.117 e. The Hall–Kier alpha value is -2.00. The summed E-state index contributed by atoms with van der Waals surface area (Å²) in [4.78, 5) is 2.14. The minimum Gasteiger partial charge on any atom is -0.508 e. The van der Waals surface area contributed by atoms with Gasteiger partial charge in [-0.1, -0.05) is 18.2 Å². The largest absolute Gasteiger partial charge is 0.508 e. The van der Waals surface area contributed by atoms with Crippen molar-refractivity contribution in [2.75, 3.05) is 11.4 Å². The summed E-state index contributed by atoms with van der Waals surface area (Å²) < 4.78 is 0. The normalized spacial score (nSPS) is 10.3. The molecule has 2 aromatic rings. The van der Waals surface area contributed by atoms with E-state index in [1.54, 1.807) is 12.1 Å². The summed E-state index contributed by atoms with van der Waals surface area (Å²) in [5, 5.41) is 9.56. The maximum absolute atomic E-state index is 9.56. The van der Waals surface area contributed by atoms with Crippen LogP contribution in [0.25, 0.3) is 0 Å². The molecule has 3 heteroatoms. The molecule has 0 bridgehead atoms. The van der Waals surface area contributed by atoms with Crippen LogP contribution in [-0.2, 0) is 6.54 Å². The van der Waals surface area contributed by atoms with Gasteiger partial charge in [-0.05, 0) is 36.8 Å². The van der Waals surface area contributed by atoms with E-state index in [2.05, 4.69) is 17.9 Å². The number of rotatable bonds is 4. The molecule has 0 aromatic heterocycles. The number of nitrogens with zero attached hydrogens (tertiary/aromatic N) is 1. The molecule has 0 saturated heterocycles. The molecule has 0 fully saturated rings. The molecule has 0 aliphatic carbocycles. The van der Waals surface area contributed by atoms with Gasteiger partial charge >= 0.3 is 0 Å². The molecule has 0 heterocycles. The van der Waals surface area contributed by atoms with E-state index < -0.39 is 0 Å². The van der Waals surface area contributed by atoms with Crippen LogP contribution >= 0.6 is 0 Å². The molecule has 3 N–H and O–H groups in total. The van der Waals surface area contributed by atoms with Gasteiger partial charge in [0.1, 0.15) is 5.75 Å². The molecule has 0 atom stereocenters. The molecule has 0 aliphatic heterocycles. The Bertz CT molecular complexity index is 525. The zero-order chi connectivity index (χ0) is 13.0. The van der Waals surface area contributed by atoms with E-state index in [1.807, 2.05) is 30.3 Å². The van der Waals surface area contributed by atoms with E-state index in [9.17, 15) is 5.11 Å². The van der Waals surface area contributed by atoms with E-state index in [4.69, 9.17) is 5.73 Å². The predicted molar refractivity (Wildman–Crippen MR) is 75.1 cm³/mol. The van der Waals surface area contributed by atoms with Gasteiger partial charge in [-0.3, -0.25) is 0 Å². The van der Waals surface area contributed by atoms with E-state index in [-0.39, 0.29) is 5.75 Å².